The molecule has 0 radical (unpaired) electrons. The average Bonchev–Trinajstić information content (AvgIpc) is 2.64. The number of benzene rings is 2. The number of hydrogen-bond donors (Lipinski definition) is 2. The minimum absolute atomic E-state index is 0.163. The van der Waals surface area contributed by atoms with Crippen LogP contribution in [0.5, 0.6) is 11.5 Å². The molecule has 0 heterocycles. The van der Waals surface area contributed by atoms with Gasteiger partial charge >= 0.3 is 0 Å². The second kappa shape index (κ2) is 8.41. The van der Waals surface area contributed by atoms with Crippen LogP contribution in [0.15, 0.2) is 42.5 Å². The standard InChI is InChI=1S/C19H18N2O4/c1-24-16-7-3-6-15(17(16)25-2)19(23)21-12-4-5-13-8-10-14(11-9-13)18(20)22/h3,6-11H,12H2,1-2H3,(H2,20,22)(H,21,23). The Kier molecular flexibility index (Phi) is 6.02. The van der Waals surface area contributed by atoms with E-state index in [9.17, 15) is 9.59 Å². The van der Waals surface area contributed by atoms with E-state index in [0.717, 1.165) is 5.56 Å². The normalized spacial score (nSPS) is 9.52. The van der Waals surface area contributed by atoms with Crippen LogP contribution in [0.4, 0.5) is 0 Å². The van der Waals surface area contributed by atoms with Crippen LogP contribution in [0.2, 0.25) is 0 Å². The zero-order valence-electron chi connectivity index (χ0n) is 14.0. The van der Waals surface area contributed by atoms with E-state index in [2.05, 4.69) is 17.2 Å². The lowest BCUT2D eigenvalue weighted by Crippen LogP contribution is -2.24. The molecular weight excluding hydrogens is 320 g/mol. The van der Waals surface area contributed by atoms with Gasteiger partial charge < -0.3 is 20.5 Å². The van der Waals surface area contributed by atoms with Gasteiger partial charge in [0.2, 0.25) is 5.91 Å². The number of ether oxygens (including phenoxy) is 2. The second-order valence-electron chi connectivity index (χ2n) is 4.97. The van der Waals surface area contributed by atoms with Gasteiger partial charge in [-0.3, -0.25) is 9.59 Å². The summed E-state index contributed by atoms with van der Waals surface area (Å²) >= 11 is 0. The maximum absolute atomic E-state index is 12.3. The Morgan fingerprint density at radius 1 is 1.08 bits per heavy atom. The number of primary amides is 1. The molecule has 0 bridgehead atoms. The summed E-state index contributed by atoms with van der Waals surface area (Å²) < 4.78 is 10.4. The fourth-order valence-corrected chi connectivity index (χ4v) is 2.15. The molecule has 0 saturated heterocycles. The number of nitrogens with two attached hydrogens (primary N) is 1. The monoisotopic (exact) mass is 338 g/mol. The molecule has 0 fully saturated rings. The molecule has 0 unspecified atom stereocenters. The predicted octanol–water partition coefficient (Wildman–Crippen LogP) is 1.58. The maximum atomic E-state index is 12.3. The third-order valence-electron chi connectivity index (χ3n) is 3.39. The molecular formula is C19H18N2O4. The van der Waals surface area contributed by atoms with Gasteiger partial charge in [-0.1, -0.05) is 17.9 Å². The third kappa shape index (κ3) is 4.52. The predicted molar refractivity (Wildman–Crippen MR) is 93.7 cm³/mol. The first kappa shape index (κ1) is 17.9. The lowest BCUT2D eigenvalue weighted by molar-refractivity contribution is 0.0953. The molecule has 0 aliphatic rings. The van der Waals surface area contributed by atoms with E-state index in [1.54, 1.807) is 42.5 Å². The van der Waals surface area contributed by atoms with Crippen LogP contribution in [-0.4, -0.2) is 32.6 Å². The summed E-state index contributed by atoms with van der Waals surface area (Å²) in [6, 6.07) is 11.7. The van der Waals surface area contributed by atoms with Gasteiger partial charge in [0.15, 0.2) is 11.5 Å². The maximum Gasteiger partial charge on any atom is 0.255 e. The smallest absolute Gasteiger partial charge is 0.255 e. The molecule has 2 aromatic rings. The van der Waals surface area contributed by atoms with Gasteiger partial charge in [-0.05, 0) is 36.4 Å². The summed E-state index contributed by atoms with van der Waals surface area (Å²) in [5.74, 6) is 5.80. The van der Waals surface area contributed by atoms with Crippen molar-refractivity contribution in [2.75, 3.05) is 20.8 Å². The number of rotatable bonds is 5. The first-order valence-corrected chi connectivity index (χ1v) is 7.44. The number of carbonyl (C=O) groups excluding carboxylic acids is 2. The van der Waals surface area contributed by atoms with Gasteiger partial charge in [0.1, 0.15) is 0 Å². The molecule has 2 aromatic carbocycles. The molecule has 2 rings (SSSR count). The molecule has 2 amide bonds. The zero-order valence-corrected chi connectivity index (χ0v) is 14.0. The minimum atomic E-state index is -0.487. The molecule has 0 aliphatic carbocycles. The van der Waals surface area contributed by atoms with Crippen molar-refractivity contribution in [3.05, 3.63) is 59.2 Å². The third-order valence-corrected chi connectivity index (χ3v) is 3.39. The Balaban J connectivity index is 2.01. The van der Waals surface area contributed by atoms with E-state index < -0.39 is 5.91 Å². The minimum Gasteiger partial charge on any atom is -0.493 e. The van der Waals surface area contributed by atoms with Crippen molar-refractivity contribution in [1.82, 2.24) is 5.32 Å². The van der Waals surface area contributed by atoms with Crippen molar-refractivity contribution in [2.24, 2.45) is 5.73 Å². The molecule has 3 N–H and O–H groups in total. The number of methoxy groups -OCH3 is 2. The summed E-state index contributed by atoms with van der Waals surface area (Å²) in [5, 5.41) is 2.70. The zero-order chi connectivity index (χ0) is 18.2. The van der Waals surface area contributed by atoms with Gasteiger partial charge in [0.05, 0.1) is 26.3 Å². The van der Waals surface area contributed by atoms with E-state index in [-0.39, 0.29) is 12.5 Å². The van der Waals surface area contributed by atoms with Crippen LogP contribution in [0.25, 0.3) is 0 Å². The van der Waals surface area contributed by atoms with Crippen molar-refractivity contribution in [3.8, 4) is 23.3 Å². The summed E-state index contributed by atoms with van der Waals surface area (Å²) in [4.78, 5) is 23.3. The van der Waals surface area contributed by atoms with Crippen LogP contribution >= 0.6 is 0 Å². The quantitative estimate of drug-likeness (QED) is 0.810. The highest BCUT2D eigenvalue weighted by Gasteiger charge is 2.15. The first-order chi connectivity index (χ1) is 12.1. The van der Waals surface area contributed by atoms with E-state index in [1.807, 2.05) is 0 Å². The summed E-state index contributed by atoms with van der Waals surface area (Å²) in [6.07, 6.45) is 0. The number of nitrogens with one attached hydrogen (secondary N) is 1. The molecule has 128 valence electrons. The van der Waals surface area contributed by atoms with Crippen molar-refractivity contribution in [2.45, 2.75) is 0 Å². The van der Waals surface area contributed by atoms with E-state index in [1.165, 1.54) is 14.2 Å². The van der Waals surface area contributed by atoms with Crippen LogP contribution in [0, 0.1) is 11.8 Å². The highest BCUT2D eigenvalue weighted by Crippen LogP contribution is 2.30. The van der Waals surface area contributed by atoms with Gasteiger partial charge in [0, 0.05) is 11.1 Å². The van der Waals surface area contributed by atoms with Crippen molar-refractivity contribution in [1.29, 1.82) is 0 Å². The Hall–Kier alpha value is -3.46. The first-order valence-electron chi connectivity index (χ1n) is 7.44. The molecule has 6 heteroatoms. The number of para-hydroxylation sites is 1. The molecule has 0 atom stereocenters. The largest absolute Gasteiger partial charge is 0.493 e. The Morgan fingerprint density at radius 2 is 1.80 bits per heavy atom. The van der Waals surface area contributed by atoms with Crippen molar-refractivity contribution in [3.63, 3.8) is 0 Å². The highest BCUT2D eigenvalue weighted by atomic mass is 16.5. The highest BCUT2D eigenvalue weighted by molar-refractivity contribution is 5.98. The van der Waals surface area contributed by atoms with Gasteiger partial charge in [-0.15, -0.1) is 0 Å². The number of amides is 2. The number of hydrogen-bond acceptors (Lipinski definition) is 4. The van der Waals surface area contributed by atoms with E-state index >= 15 is 0 Å². The van der Waals surface area contributed by atoms with Crippen molar-refractivity contribution < 1.29 is 19.1 Å². The van der Waals surface area contributed by atoms with Crippen molar-refractivity contribution >= 4 is 11.8 Å². The van der Waals surface area contributed by atoms with Gasteiger partial charge in [-0.2, -0.15) is 0 Å². The SMILES string of the molecule is COc1cccc(C(=O)NCC#Cc2ccc(C(N)=O)cc2)c1OC. The van der Waals surface area contributed by atoms with Crippen LogP contribution in [-0.2, 0) is 0 Å². The van der Waals surface area contributed by atoms with E-state index in [4.69, 9.17) is 15.2 Å². The lowest BCUT2D eigenvalue weighted by atomic mass is 10.1. The second-order valence-corrected chi connectivity index (χ2v) is 4.97. The lowest BCUT2D eigenvalue weighted by Gasteiger charge is -2.11. The van der Waals surface area contributed by atoms with Crippen LogP contribution in [0.3, 0.4) is 0 Å². The molecule has 0 aliphatic heterocycles. The van der Waals surface area contributed by atoms with Gasteiger partial charge in [-0.25, -0.2) is 0 Å². The average molecular weight is 338 g/mol. The Bertz CT molecular complexity index is 833. The fraction of sp³-hybridized carbons (Fsp3) is 0.158. The van der Waals surface area contributed by atoms with Crippen LogP contribution in [0.1, 0.15) is 26.3 Å². The molecule has 0 saturated carbocycles. The topological polar surface area (TPSA) is 90.6 Å². The summed E-state index contributed by atoms with van der Waals surface area (Å²) in [5.41, 5.74) is 6.69. The fourth-order valence-electron chi connectivity index (χ4n) is 2.15. The summed E-state index contributed by atoms with van der Waals surface area (Å²) in [7, 11) is 2.98. The molecule has 6 nitrogen and oxygen atoms in total. The molecule has 25 heavy (non-hydrogen) atoms. The molecule has 0 aromatic heterocycles. The number of carbonyl (C=O) groups is 2. The Labute approximate surface area is 145 Å². The summed E-state index contributed by atoms with van der Waals surface area (Å²) in [6.45, 7) is 0.163. The van der Waals surface area contributed by atoms with Crippen LogP contribution < -0.4 is 20.5 Å². The molecule has 0 spiro atoms. The van der Waals surface area contributed by atoms with E-state index in [0.29, 0.717) is 22.6 Å². The Morgan fingerprint density at radius 3 is 2.40 bits per heavy atom. The van der Waals surface area contributed by atoms with Gasteiger partial charge in [0.25, 0.3) is 5.91 Å².